The molecule has 1 N–H and O–H groups in total. The van der Waals surface area contributed by atoms with Crippen LogP contribution in [0.25, 0.3) is 0 Å². The summed E-state index contributed by atoms with van der Waals surface area (Å²) in [5, 5.41) is 8.77. The van der Waals surface area contributed by atoms with Crippen molar-refractivity contribution in [3.05, 3.63) is 59.2 Å². The molecular formula is C18H24N2O2. The molecule has 4 nitrogen and oxygen atoms in total. The maximum Gasteiger partial charge on any atom is 0.337 e. The largest absolute Gasteiger partial charge is 0.478 e. The highest BCUT2D eigenvalue weighted by molar-refractivity contribution is 5.88. The highest BCUT2D eigenvalue weighted by atomic mass is 16.4. The van der Waals surface area contributed by atoms with E-state index < -0.39 is 5.97 Å². The van der Waals surface area contributed by atoms with Gasteiger partial charge in [-0.15, -0.1) is 0 Å². The van der Waals surface area contributed by atoms with Crippen LogP contribution in [-0.4, -0.2) is 21.0 Å². The molecule has 0 aliphatic heterocycles. The normalized spacial score (nSPS) is 10.3. The average Bonchev–Trinajstić information content (AvgIpc) is 2.48. The highest BCUT2D eigenvalue weighted by Gasteiger charge is 2.12. The van der Waals surface area contributed by atoms with Crippen LogP contribution in [0.15, 0.2) is 36.7 Å². The van der Waals surface area contributed by atoms with Crippen LogP contribution in [-0.2, 0) is 0 Å². The molecule has 0 saturated carbocycles. The fourth-order valence-electron chi connectivity index (χ4n) is 1.88. The minimum atomic E-state index is -0.910. The maximum absolute atomic E-state index is 10.7. The molecule has 0 spiro atoms. The zero-order valence-electron chi connectivity index (χ0n) is 13.9. The van der Waals surface area contributed by atoms with Crippen molar-refractivity contribution in [1.82, 2.24) is 9.97 Å². The van der Waals surface area contributed by atoms with E-state index in [1.165, 1.54) is 11.3 Å². The second-order valence-corrected chi connectivity index (χ2v) is 5.81. The van der Waals surface area contributed by atoms with Crippen LogP contribution in [0.5, 0.6) is 0 Å². The van der Waals surface area contributed by atoms with E-state index in [0.717, 1.165) is 0 Å². The summed E-state index contributed by atoms with van der Waals surface area (Å²) in [5.74, 6) is -0.218. The van der Waals surface area contributed by atoms with Crippen LogP contribution >= 0.6 is 0 Å². The minimum absolute atomic E-state index is 0.150. The molecule has 0 aliphatic rings. The van der Waals surface area contributed by atoms with Crippen molar-refractivity contribution >= 4 is 5.97 Å². The fourth-order valence-corrected chi connectivity index (χ4v) is 1.88. The van der Waals surface area contributed by atoms with Gasteiger partial charge < -0.3 is 5.11 Å². The van der Waals surface area contributed by atoms with E-state index in [-0.39, 0.29) is 5.92 Å². The molecule has 118 valence electrons. The lowest BCUT2D eigenvalue weighted by Crippen LogP contribution is -2.05. The summed E-state index contributed by atoms with van der Waals surface area (Å²) in [6.07, 6.45) is 3.52. The van der Waals surface area contributed by atoms with Gasteiger partial charge in [-0.05, 0) is 42.5 Å². The molecule has 22 heavy (non-hydrogen) atoms. The zero-order valence-corrected chi connectivity index (χ0v) is 13.9. The molecule has 2 rings (SSSR count). The van der Waals surface area contributed by atoms with Crippen molar-refractivity contribution in [2.45, 2.75) is 46.5 Å². The Morgan fingerprint density at radius 1 is 1.05 bits per heavy atom. The van der Waals surface area contributed by atoms with Gasteiger partial charge in [-0.1, -0.05) is 33.8 Å². The van der Waals surface area contributed by atoms with Gasteiger partial charge in [0.25, 0.3) is 0 Å². The predicted octanol–water partition coefficient (Wildman–Crippen LogP) is 4.42. The van der Waals surface area contributed by atoms with Crippen LogP contribution in [0.4, 0.5) is 0 Å². The number of carboxylic acids is 1. The van der Waals surface area contributed by atoms with Gasteiger partial charge in [0.2, 0.25) is 0 Å². The third kappa shape index (κ3) is 5.28. The second kappa shape index (κ2) is 8.27. The standard InChI is InChI=1S/C9H11NO2.C9H13N/c1-6(2)8-7(9(11)12)4-3-5-10-8;1-7(2)9-5-4-8(3)6-10-9/h3-6H,1-2H3,(H,11,12);4-7H,1-3H3. The Morgan fingerprint density at radius 2 is 1.73 bits per heavy atom. The molecule has 0 fully saturated rings. The summed E-state index contributed by atoms with van der Waals surface area (Å²) in [7, 11) is 0. The number of hydrogen-bond donors (Lipinski definition) is 1. The Kier molecular flexibility index (Phi) is 6.70. The number of aromatic carboxylic acids is 1. The summed E-state index contributed by atoms with van der Waals surface area (Å²) >= 11 is 0. The Hall–Kier alpha value is -2.23. The lowest BCUT2D eigenvalue weighted by Gasteiger charge is -2.06. The van der Waals surface area contributed by atoms with Gasteiger partial charge in [0.1, 0.15) is 0 Å². The molecule has 0 atom stereocenters. The second-order valence-electron chi connectivity index (χ2n) is 5.81. The Labute approximate surface area is 132 Å². The first-order chi connectivity index (χ1) is 10.3. The Morgan fingerprint density at radius 3 is 2.14 bits per heavy atom. The predicted molar refractivity (Wildman–Crippen MR) is 88.3 cm³/mol. The molecular weight excluding hydrogens is 276 g/mol. The zero-order chi connectivity index (χ0) is 16.7. The van der Waals surface area contributed by atoms with Crippen molar-refractivity contribution in [3.63, 3.8) is 0 Å². The topological polar surface area (TPSA) is 63.1 Å². The van der Waals surface area contributed by atoms with E-state index in [1.54, 1.807) is 18.3 Å². The summed E-state index contributed by atoms with van der Waals surface area (Å²) in [5.41, 5.74) is 3.34. The summed E-state index contributed by atoms with van der Waals surface area (Å²) < 4.78 is 0. The number of hydrogen-bond acceptors (Lipinski definition) is 3. The molecule has 0 bridgehead atoms. The SMILES string of the molecule is CC(C)c1ncccc1C(=O)O.Cc1ccc(C(C)C)nc1. The molecule has 0 saturated heterocycles. The summed E-state index contributed by atoms with van der Waals surface area (Å²) in [6, 6.07) is 7.39. The van der Waals surface area contributed by atoms with E-state index in [1.807, 2.05) is 20.0 Å². The van der Waals surface area contributed by atoms with Crippen LogP contribution in [0.3, 0.4) is 0 Å². The number of pyridine rings is 2. The number of aromatic nitrogens is 2. The molecule has 0 aliphatic carbocycles. The molecule has 4 heteroatoms. The van der Waals surface area contributed by atoms with E-state index in [2.05, 4.69) is 42.9 Å². The molecule has 2 heterocycles. The molecule has 0 unspecified atom stereocenters. The number of rotatable bonds is 3. The molecule has 0 amide bonds. The van der Waals surface area contributed by atoms with Gasteiger partial charge in [-0.2, -0.15) is 0 Å². The summed E-state index contributed by atoms with van der Waals surface area (Å²) in [4.78, 5) is 19.0. The van der Waals surface area contributed by atoms with E-state index in [4.69, 9.17) is 5.11 Å². The first-order valence-electron chi connectivity index (χ1n) is 7.43. The van der Waals surface area contributed by atoms with Gasteiger partial charge in [0.05, 0.1) is 11.3 Å². The van der Waals surface area contributed by atoms with Crippen LogP contribution in [0.1, 0.15) is 66.8 Å². The third-order valence-electron chi connectivity index (χ3n) is 3.14. The van der Waals surface area contributed by atoms with E-state index in [9.17, 15) is 4.79 Å². The van der Waals surface area contributed by atoms with Crippen molar-refractivity contribution in [1.29, 1.82) is 0 Å². The quantitative estimate of drug-likeness (QED) is 0.911. The Balaban J connectivity index is 0.000000224. The first kappa shape index (κ1) is 17.8. The average molecular weight is 300 g/mol. The van der Waals surface area contributed by atoms with Crippen molar-refractivity contribution in [2.75, 3.05) is 0 Å². The smallest absolute Gasteiger partial charge is 0.337 e. The van der Waals surface area contributed by atoms with Crippen LogP contribution in [0.2, 0.25) is 0 Å². The van der Waals surface area contributed by atoms with Gasteiger partial charge in [-0.25, -0.2) is 4.79 Å². The number of aryl methyl sites for hydroxylation is 1. The number of nitrogens with zero attached hydrogens (tertiary/aromatic N) is 2. The minimum Gasteiger partial charge on any atom is -0.478 e. The lowest BCUT2D eigenvalue weighted by molar-refractivity contribution is 0.0694. The molecule has 0 radical (unpaired) electrons. The van der Waals surface area contributed by atoms with Gasteiger partial charge >= 0.3 is 5.97 Å². The molecule has 2 aromatic heterocycles. The van der Waals surface area contributed by atoms with Crippen molar-refractivity contribution < 1.29 is 9.90 Å². The maximum atomic E-state index is 10.7. The number of carbonyl (C=O) groups is 1. The lowest BCUT2D eigenvalue weighted by atomic mass is 10.0. The molecule has 2 aromatic rings. The number of carboxylic acid groups (broad SMARTS) is 1. The highest BCUT2D eigenvalue weighted by Crippen LogP contribution is 2.15. The third-order valence-corrected chi connectivity index (χ3v) is 3.14. The van der Waals surface area contributed by atoms with E-state index >= 15 is 0 Å². The van der Waals surface area contributed by atoms with Crippen LogP contribution < -0.4 is 0 Å². The van der Waals surface area contributed by atoms with Gasteiger partial charge in [0.15, 0.2) is 0 Å². The van der Waals surface area contributed by atoms with Crippen molar-refractivity contribution in [2.24, 2.45) is 0 Å². The van der Waals surface area contributed by atoms with Gasteiger partial charge in [-0.3, -0.25) is 9.97 Å². The Bertz CT molecular complexity index is 605. The monoisotopic (exact) mass is 300 g/mol. The van der Waals surface area contributed by atoms with E-state index in [0.29, 0.717) is 17.2 Å². The fraction of sp³-hybridized carbons (Fsp3) is 0.389. The van der Waals surface area contributed by atoms with Crippen LogP contribution in [0, 0.1) is 6.92 Å². The summed E-state index contributed by atoms with van der Waals surface area (Å²) in [6.45, 7) is 10.2. The first-order valence-corrected chi connectivity index (χ1v) is 7.43. The van der Waals surface area contributed by atoms with Gasteiger partial charge in [0, 0.05) is 18.1 Å². The molecule has 0 aromatic carbocycles. The van der Waals surface area contributed by atoms with Crippen molar-refractivity contribution in [3.8, 4) is 0 Å².